The Hall–Kier alpha value is -1.30. The van der Waals surface area contributed by atoms with E-state index in [9.17, 15) is 18.3 Å². The number of hydrogen-bond acceptors (Lipinski definition) is 3. The van der Waals surface area contributed by atoms with Gasteiger partial charge in [-0.3, -0.25) is 4.98 Å². The SMILES string of the molecule is CCCN(CC(F)(F)F)c1ccc(C(C)O)nc1. The molecule has 0 aliphatic rings. The molecule has 1 heterocycles. The standard InChI is InChI=1S/C12H17F3N2O/c1-3-6-17(8-12(13,14)15)10-4-5-11(9(2)18)16-7-10/h4-5,7,9,18H,3,6,8H2,1-2H3. The van der Waals surface area contributed by atoms with Crippen LogP contribution in [0.3, 0.4) is 0 Å². The van der Waals surface area contributed by atoms with Crippen molar-refractivity contribution >= 4 is 5.69 Å². The highest BCUT2D eigenvalue weighted by molar-refractivity contribution is 5.44. The summed E-state index contributed by atoms with van der Waals surface area (Å²) in [6, 6.07) is 3.09. The first-order valence-corrected chi connectivity index (χ1v) is 5.79. The molecule has 102 valence electrons. The summed E-state index contributed by atoms with van der Waals surface area (Å²) in [6.45, 7) is 2.70. The molecule has 1 rings (SSSR count). The van der Waals surface area contributed by atoms with Crippen LogP contribution >= 0.6 is 0 Å². The molecule has 0 aliphatic carbocycles. The van der Waals surface area contributed by atoms with Crippen molar-refractivity contribution in [1.29, 1.82) is 0 Å². The van der Waals surface area contributed by atoms with E-state index in [0.717, 1.165) is 0 Å². The normalized spacial score (nSPS) is 13.4. The lowest BCUT2D eigenvalue weighted by atomic mass is 10.2. The number of aliphatic hydroxyl groups excluding tert-OH is 1. The van der Waals surface area contributed by atoms with Crippen LogP contribution in [0.15, 0.2) is 18.3 Å². The minimum Gasteiger partial charge on any atom is -0.387 e. The topological polar surface area (TPSA) is 36.4 Å². The van der Waals surface area contributed by atoms with Gasteiger partial charge in [0.1, 0.15) is 6.54 Å². The summed E-state index contributed by atoms with van der Waals surface area (Å²) in [7, 11) is 0. The first-order chi connectivity index (χ1) is 8.33. The quantitative estimate of drug-likeness (QED) is 0.886. The van der Waals surface area contributed by atoms with Crippen molar-refractivity contribution in [3.05, 3.63) is 24.0 Å². The van der Waals surface area contributed by atoms with Crippen molar-refractivity contribution < 1.29 is 18.3 Å². The molecule has 0 radical (unpaired) electrons. The van der Waals surface area contributed by atoms with E-state index in [2.05, 4.69) is 4.98 Å². The molecule has 1 aromatic rings. The average Bonchev–Trinajstić information content (AvgIpc) is 2.27. The molecule has 6 heteroatoms. The number of pyridine rings is 1. The Kier molecular flexibility index (Phi) is 4.95. The van der Waals surface area contributed by atoms with Crippen LogP contribution in [0.5, 0.6) is 0 Å². The number of alkyl halides is 3. The third-order valence-electron chi connectivity index (χ3n) is 2.43. The zero-order valence-electron chi connectivity index (χ0n) is 10.4. The molecular weight excluding hydrogens is 245 g/mol. The molecule has 1 aromatic heterocycles. The van der Waals surface area contributed by atoms with E-state index >= 15 is 0 Å². The minimum absolute atomic E-state index is 0.315. The Bertz CT molecular complexity index is 363. The Morgan fingerprint density at radius 3 is 2.44 bits per heavy atom. The van der Waals surface area contributed by atoms with Gasteiger partial charge >= 0.3 is 6.18 Å². The lowest BCUT2D eigenvalue weighted by molar-refractivity contribution is -0.119. The van der Waals surface area contributed by atoms with Crippen LogP contribution in [-0.2, 0) is 0 Å². The number of hydrogen-bond donors (Lipinski definition) is 1. The predicted molar refractivity (Wildman–Crippen MR) is 63.4 cm³/mol. The maximum absolute atomic E-state index is 12.4. The highest BCUT2D eigenvalue weighted by atomic mass is 19.4. The molecule has 1 N–H and O–H groups in total. The van der Waals surface area contributed by atoms with Gasteiger partial charge in [-0.15, -0.1) is 0 Å². The third kappa shape index (κ3) is 4.52. The van der Waals surface area contributed by atoms with E-state index < -0.39 is 18.8 Å². The maximum Gasteiger partial charge on any atom is 0.405 e. The molecule has 0 spiro atoms. The zero-order chi connectivity index (χ0) is 13.8. The largest absolute Gasteiger partial charge is 0.405 e. The average molecular weight is 262 g/mol. The van der Waals surface area contributed by atoms with Gasteiger partial charge in [0, 0.05) is 6.54 Å². The summed E-state index contributed by atoms with van der Waals surface area (Å²) >= 11 is 0. The van der Waals surface area contributed by atoms with Crippen LogP contribution in [0.2, 0.25) is 0 Å². The molecule has 0 bridgehead atoms. The summed E-state index contributed by atoms with van der Waals surface area (Å²) < 4.78 is 37.3. The predicted octanol–water partition coefficient (Wildman–Crippen LogP) is 2.91. The van der Waals surface area contributed by atoms with Gasteiger partial charge in [-0.05, 0) is 25.5 Å². The van der Waals surface area contributed by atoms with Crippen LogP contribution in [-0.4, -0.2) is 29.4 Å². The zero-order valence-corrected chi connectivity index (χ0v) is 10.4. The van der Waals surface area contributed by atoms with Crippen LogP contribution in [0.4, 0.5) is 18.9 Å². The van der Waals surface area contributed by atoms with E-state index in [1.165, 1.54) is 11.1 Å². The van der Waals surface area contributed by atoms with Gasteiger partial charge in [-0.2, -0.15) is 13.2 Å². The second-order valence-corrected chi connectivity index (χ2v) is 4.15. The Labute approximate surface area is 104 Å². The molecule has 0 amide bonds. The van der Waals surface area contributed by atoms with Crippen LogP contribution in [0, 0.1) is 0 Å². The van der Waals surface area contributed by atoms with Gasteiger partial charge in [-0.25, -0.2) is 0 Å². The van der Waals surface area contributed by atoms with Gasteiger partial charge in [-0.1, -0.05) is 6.92 Å². The highest BCUT2D eigenvalue weighted by Gasteiger charge is 2.30. The lowest BCUT2D eigenvalue weighted by Gasteiger charge is -2.25. The van der Waals surface area contributed by atoms with Crippen LogP contribution < -0.4 is 4.90 Å². The fraction of sp³-hybridized carbons (Fsp3) is 0.583. The maximum atomic E-state index is 12.4. The van der Waals surface area contributed by atoms with Crippen molar-refractivity contribution in [2.45, 2.75) is 32.5 Å². The van der Waals surface area contributed by atoms with Gasteiger partial charge in [0.2, 0.25) is 0 Å². The first-order valence-electron chi connectivity index (χ1n) is 5.79. The van der Waals surface area contributed by atoms with Gasteiger partial charge in [0.15, 0.2) is 0 Å². The number of aromatic nitrogens is 1. The van der Waals surface area contributed by atoms with E-state index in [0.29, 0.717) is 24.3 Å². The van der Waals surface area contributed by atoms with E-state index in [1.54, 1.807) is 19.1 Å². The van der Waals surface area contributed by atoms with Crippen LogP contribution in [0.25, 0.3) is 0 Å². The molecule has 1 atom stereocenters. The van der Waals surface area contributed by atoms with Crippen molar-refractivity contribution in [2.24, 2.45) is 0 Å². The molecule has 18 heavy (non-hydrogen) atoms. The molecular formula is C12H17F3N2O. The van der Waals surface area contributed by atoms with Crippen LogP contribution in [0.1, 0.15) is 32.1 Å². The van der Waals surface area contributed by atoms with Crippen molar-refractivity contribution in [1.82, 2.24) is 4.98 Å². The fourth-order valence-electron chi connectivity index (χ4n) is 1.62. The second kappa shape index (κ2) is 6.04. The molecule has 0 saturated heterocycles. The summed E-state index contributed by atoms with van der Waals surface area (Å²) in [4.78, 5) is 5.19. The molecule has 1 unspecified atom stereocenters. The smallest absolute Gasteiger partial charge is 0.387 e. The number of rotatable bonds is 5. The fourth-order valence-corrected chi connectivity index (χ4v) is 1.62. The van der Waals surface area contributed by atoms with Crippen molar-refractivity contribution in [2.75, 3.05) is 18.0 Å². The second-order valence-electron chi connectivity index (χ2n) is 4.15. The van der Waals surface area contributed by atoms with Crippen molar-refractivity contribution in [3.8, 4) is 0 Å². The Balaban J connectivity index is 2.85. The monoisotopic (exact) mass is 262 g/mol. The van der Waals surface area contributed by atoms with Gasteiger partial charge in [0.05, 0.1) is 23.7 Å². The number of anilines is 1. The molecule has 0 fully saturated rings. The summed E-state index contributed by atoms with van der Waals surface area (Å²) in [6.07, 6.45) is -2.98. The number of halogens is 3. The third-order valence-corrected chi connectivity index (χ3v) is 2.43. The molecule has 0 aliphatic heterocycles. The number of nitrogens with zero attached hydrogens (tertiary/aromatic N) is 2. The summed E-state index contributed by atoms with van der Waals surface area (Å²) in [5.41, 5.74) is 0.862. The summed E-state index contributed by atoms with van der Waals surface area (Å²) in [5.74, 6) is 0. The van der Waals surface area contributed by atoms with E-state index in [-0.39, 0.29) is 0 Å². The lowest BCUT2D eigenvalue weighted by Crippen LogP contribution is -2.34. The van der Waals surface area contributed by atoms with Crippen molar-refractivity contribution in [3.63, 3.8) is 0 Å². The highest BCUT2D eigenvalue weighted by Crippen LogP contribution is 2.22. The molecule has 3 nitrogen and oxygen atoms in total. The van der Waals surface area contributed by atoms with Gasteiger partial charge in [0.25, 0.3) is 0 Å². The Morgan fingerprint density at radius 1 is 1.39 bits per heavy atom. The molecule has 0 saturated carbocycles. The number of aliphatic hydroxyl groups is 1. The van der Waals surface area contributed by atoms with E-state index in [4.69, 9.17) is 0 Å². The molecule has 0 aromatic carbocycles. The van der Waals surface area contributed by atoms with E-state index in [1.807, 2.05) is 6.92 Å². The van der Waals surface area contributed by atoms with Gasteiger partial charge < -0.3 is 10.0 Å². The first kappa shape index (κ1) is 14.8. The summed E-state index contributed by atoms with van der Waals surface area (Å²) in [5, 5.41) is 9.29. The minimum atomic E-state index is -4.24. The Morgan fingerprint density at radius 2 is 2.06 bits per heavy atom.